The summed E-state index contributed by atoms with van der Waals surface area (Å²) in [6, 6.07) is 5.34. The number of nitrogens with one attached hydrogen (secondary N) is 1. The molecule has 0 saturated carbocycles. The summed E-state index contributed by atoms with van der Waals surface area (Å²) < 4.78 is 37.9. The van der Waals surface area contributed by atoms with Crippen molar-refractivity contribution in [3.8, 4) is 11.3 Å². The maximum atomic E-state index is 15.9. The molecule has 10 nitrogen and oxygen atoms in total. The SMILES string of the molecule is CCn1cc(C(=O)O)c(=O)c2cc(F)c(N3CCN(C(=S)NC(=O)c4c(-c5c(Cl)cccc5Cl)noc4C)[C@H](C)C3)c(F)c21. The van der Waals surface area contributed by atoms with Crippen LogP contribution >= 0.6 is 35.4 Å². The molecule has 0 bridgehead atoms. The normalized spacial score (nSPS) is 15.1. The predicted molar refractivity (Wildman–Crippen MR) is 166 cm³/mol. The number of pyridine rings is 1. The van der Waals surface area contributed by atoms with Crippen LogP contribution in [0, 0.1) is 18.6 Å². The van der Waals surface area contributed by atoms with Crippen molar-refractivity contribution < 1.29 is 28.0 Å². The minimum atomic E-state index is -1.49. The van der Waals surface area contributed by atoms with Crippen molar-refractivity contribution >= 4 is 69.0 Å². The first-order chi connectivity index (χ1) is 20.8. The number of thiocarbonyl (C=S) groups is 1. The topological polar surface area (TPSA) is 121 Å². The maximum Gasteiger partial charge on any atom is 0.341 e. The maximum absolute atomic E-state index is 15.9. The molecular weight excluding hydrogens is 639 g/mol. The number of piperazine rings is 1. The molecule has 1 aliphatic heterocycles. The third-order valence-electron chi connectivity index (χ3n) is 7.52. The number of hydrogen-bond donors (Lipinski definition) is 2. The molecule has 2 aromatic heterocycles. The molecule has 0 aliphatic carbocycles. The number of aromatic nitrogens is 2. The number of anilines is 1. The number of aryl methyl sites for hydroxylation is 2. The summed E-state index contributed by atoms with van der Waals surface area (Å²) in [5, 5.41) is 16.3. The standard InChI is InChI=1S/C29H25Cl2F2N5O5S/c1-4-36-12-16(28(41)42)26(39)15-10-19(32)25(22(33)24(15)36)37-8-9-38(13(2)11-37)29(44)34-27(40)20-14(3)43-35-23(20)21-17(30)6-5-7-18(21)31/h5-7,10,12-13H,4,8-9,11H2,1-3H3,(H,41,42)(H,34,40,44)/t13-/m1/s1. The summed E-state index contributed by atoms with van der Waals surface area (Å²) in [4.78, 5) is 40.8. The van der Waals surface area contributed by atoms with Crippen molar-refractivity contribution in [3.05, 3.63) is 79.3 Å². The van der Waals surface area contributed by atoms with E-state index < -0.39 is 40.5 Å². The average molecular weight is 665 g/mol. The number of aromatic carboxylic acids is 1. The highest BCUT2D eigenvalue weighted by atomic mass is 35.5. The quantitative estimate of drug-likeness (QED) is 0.267. The molecule has 5 rings (SSSR count). The zero-order valence-electron chi connectivity index (χ0n) is 23.6. The largest absolute Gasteiger partial charge is 0.477 e. The van der Waals surface area contributed by atoms with E-state index in [1.54, 1.807) is 43.9 Å². The second-order valence-electron chi connectivity index (χ2n) is 10.2. The highest BCUT2D eigenvalue weighted by Gasteiger charge is 2.32. The van der Waals surface area contributed by atoms with Gasteiger partial charge in [-0.1, -0.05) is 34.4 Å². The fraction of sp³-hybridized carbons (Fsp3) is 0.276. The zero-order valence-corrected chi connectivity index (χ0v) is 25.9. The van der Waals surface area contributed by atoms with E-state index in [0.717, 1.165) is 12.3 Å². The Bertz CT molecular complexity index is 1890. The van der Waals surface area contributed by atoms with Crippen LogP contribution in [0.25, 0.3) is 22.2 Å². The van der Waals surface area contributed by atoms with Crippen LogP contribution in [0.3, 0.4) is 0 Å². The molecule has 0 unspecified atom stereocenters. The van der Waals surface area contributed by atoms with Gasteiger partial charge in [0.25, 0.3) is 5.91 Å². The van der Waals surface area contributed by atoms with Crippen molar-refractivity contribution in [3.63, 3.8) is 0 Å². The average Bonchev–Trinajstić information content (AvgIpc) is 3.34. The van der Waals surface area contributed by atoms with Gasteiger partial charge in [-0.05, 0) is 51.2 Å². The highest BCUT2D eigenvalue weighted by Crippen LogP contribution is 2.37. The van der Waals surface area contributed by atoms with Gasteiger partial charge in [-0.15, -0.1) is 0 Å². The second kappa shape index (κ2) is 12.1. The van der Waals surface area contributed by atoms with Gasteiger partial charge in [0.15, 0.2) is 10.9 Å². The van der Waals surface area contributed by atoms with Gasteiger partial charge in [-0.2, -0.15) is 0 Å². The Labute approximate surface area is 264 Å². The number of fused-ring (bicyclic) bond motifs is 1. The van der Waals surface area contributed by atoms with E-state index in [9.17, 15) is 19.5 Å². The summed E-state index contributed by atoms with van der Waals surface area (Å²) in [6.45, 7) is 5.58. The Hall–Kier alpha value is -4.07. The first-order valence-electron chi connectivity index (χ1n) is 13.4. The van der Waals surface area contributed by atoms with Crippen LogP contribution in [0.1, 0.15) is 40.3 Å². The zero-order chi connectivity index (χ0) is 32.0. The van der Waals surface area contributed by atoms with Crippen LogP contribution in [0.5, 0.6) is 0 Å². The van der Waals surface area contributed by atoms with Gasteiger partial charge in [0.05, 0.1) is 20.9 Å². The fourth-order valence-corrected chi connectivity index (χ4v) is 6.34. The monoisotopic (exact) mass is 663 g/mol. The van der Waals surface area contributed by atoms with Gasteiger partial charge in [0, 0.05) is 44.0 Å². The van der Waals surface area contributed by atoms with Gasteiger partial charge in [0.2, 0.25) is 5.43 Å². The van der Waals surface area contributed by atoms with E-state index in [1.807, 2.05) is 0 Å². The molecule has 0 radical (unpaired) electrons. The number of carbonyl (C=O) groups is 2. The molecule has 2 N–H and O–H groups in total. The van der Waals surface area contributed by atoms with Crippen molar-refractivity contribution in [2.45, 2.75) is 33.4 Å². The Morgan fingerprint density at radius 2 is 1.91 bits per heavy atom. The smallest absolute Gasteiger partial charge is 0.341 e. The molecular formula is C29H25Cl2F2N5O5S. The lowest BCUT2D eigenvalue weighted by molar-refractivity contribution is 0.0694. The number of halogens is 4. The lowest BCUT2D eigenvalue weighted by Crippen LogP contribution is -2.57. The third kappa shape index (κ3) is 5.39. The Morgan fingerprint density at radius 1 is 1.23 bits per heavy atom. The number of benzene rings is 2. The molecule has 2 aromatic carbocycles. The molecule has 1 fully saturated rings. The molecule has 1 saturated heterocycles. The van der Waals surface area contributed by atoms with Crippen LogP contribution in [0.15, 0.2) is 39.8 Å². The number of rotatable bonds is 5. The van der Waals surface area contributed by atoms with Gasteiger partial charge in [-0.3, -0.25) is 14.9 Å². The van der Waals surface area contributed by atoms with E-state index in [2.05, 4.69) is 10.5 Å². The Balaban J connectivity index is 1.38. The summed E-state index contributed by atoms with van der Waals surface area (Å²) in [6.07, 6.45) is 1.06. The van der Waals surface area contributed by atoms with E-state index in [-0.39, 0.29) is 74.9 Å². The van der Waals surface area contributed by atoms with Crippen molar-refractivity contribution in [1.82, 2.24) is 19.9 Å². The van der Waals surface area contributed by atoms with Crippen LogP contribution in [-0.4, -0.2) is 62.4 Å². The third-order valence-corrected chi connectivity index (χ3v) is 8.48. The minimum Gasteiger partial charge on any atom is -0.477 e. The van der Waals surface area contributed by atoms with Gasteiger partial charge in [0.1, 0.15) is 34.1 Å². The molecule has 1 amide bonds. The van der Waals surface area contributed by atoms with E-state index in [0.29, 0.717) is 5.56 Å². The van der Waals surface area contributed by atoms with E-state index >= 15 is 8.78 Å². The number of hydrogen-bond acceptors (Lipinski definition) is 7. The minimum absolute atomic E-state index is 0.0828. The molecule has 4 aromatic rings. The first kappa shape index (κ1) is 31.4. The Kier molecular flexibility index (Phi) is 8.65. The highest BCUT2D eigenvalue weighted by molar-refractivity contribution is 7.80. The van der Waals surface area contributed by atoms with E-state index in [1.165, 1.54) is 9.47 Å². The second-order valence-corrected chi connectivity index (χ2v) is 11.4. The molecule has 1 atom stereocenters. The summed E-state index contributed by atoms with van der Waals surface area (Å²) >= 11 is 18.2. The number of carboxylic acids is 1. The molecule has 3 heterocycles. The molecule has 230 valence electrons. The summed E-state index contributed by atoms with van der Waals surface area (Å²) in [5.41, 5.74) is -1.49. The summed E-state index contributed by atoms with van der Waals surface area (Å²) in [5.74, 6) is -3.83. The van der Waals surface area contributed by atoms with Gasteiger partial charge < -0.3 is 24.0 Å². The van der Waals surface area contributed by atoms with Crippen LogP contribution in [0.4, 0.5) is 14.5 Å². The predicted octanol–water partition coefficient (Wildman–Crippen LogP) is 5.49. The van der Waals surface area contributed by atoms with E-state index in [4.69, 9.17) is 39.9 Å². The lowest BCUT2D eigenvalue weighted by Gasteiger charge is -2.42. The number of nitrogens with zero attached hydrogens (tertiary/aromatic N) is 4. The molecule has 44 heavy (non-hydrogen) atoms. The van der Waals surface area contributed by atoms with Crippen LogP contribution in [0.2, 0.25) is 10.0 Å². The lowest BCUT2D eigenvalue weighted by atomic mass is 10.1. The van der Waals surface area contributed by atoms with Crippen LogP contribution in [-0.2, 0) is 6.54 Å². The molecule has 1 aliphatic rings. The first-order valence-corrected chi connectivity index (χ1v) is 14.6. The van der Waals surface area contributed by atoms with Crippen LogP contribution < -0.4 is 15.6 Å². The van der Waals surface area contributed by atoms with Crippen molar-refractivity contribution in [2.24, 2.45) is 0 Å². The Morgan fingerprint density at radius 3 is 2.52 bits per heavy atom. The molecule has 0 spiro atoms. The van der Waals surface area contributed by atoms with Crippen molar-refractivity contribution in [2.75, 3.05) is 24.5 Å². The summed E-state index contributed by atoms with van der Waals surface area (Å²) in [7, 11) is 0. The van der Waals surface area contributed by atoms with Gasteiger partial charge >= 0.3 is 5.97 Å². The number of carbonyl (C=O) groups excluding carboxylic acids is 1. The molecule has 15 heteroatoms. The van der Waals surface area contributed by atoms with Gasteiger partial charge in [-0.25, -0.2) is 13.6 Å². The number of amides is 1. The fourth-order valence-electron chi connectivity index (χ4n) is 5.40. The number of carboxylic acid groups (broad SMARTS) is 1. The van der Waals surface area contributed by atoms with Crippen molar-refractivity contribution in [1.29, 1.82) is 0 Å².